The molecule has 0 aliphatic rings. The summed E-state index contributed by atoms with van der Waals surface area (Å²) >= 11 is 0. The smallest absolute Gasteiger partial charge is 0.360 e. The minimum Gasteiger partial charge on any atom is -0.461 e. The molecule has 5 heteroatoms. The Morgan fingerprint density at radius 1 is 1.50 bits per heavy atom. The molecule has 0 atom stereocenters. The van der Waals surface area contributed by atoms with Gasteiger partial charge in [-0.2, -0.15) is 0 Å². The molecule has 16 heavy (non-hydrogen) atoms. The van der Waals surface area contributed by atoms with Crippen molar-refractivity contribution >= 4 is 17.8 Å². The molecule has 0 fully saturated rings. The quantitative estimate of drug-likeness (QED) is 0.562. The third-order valence-electron chi connectivity index (χ3n) is 1.77. The number of ether oxygens (including phenoxy) is 1. The lowest BCUT2D eigenvalue weighted by Crippen LogP contribution is -2.04. The molecule has 0 saturated carbocycles. The van der Waals surface area contributed by atoms with Gasteiger partial charge in [0.05, 0.1) is 6.61 Å². The molecule has 0 unspecified atom stereocenters. The van der Waals surface area contributed by atoms with Crippen LogP contribution in [-0.2, 0) is 9.53 Å². The summed E-state index contributed by atoms with van der Waals surface area (Å²) in [5.74, 6) is -0.353. The van der Waals surface area contributed by atoms with Crippen LogP contribution < -0.4 is 0 Å². The molecule has 5 nitrogen and oxygen atoms in total. The molecular weight excluding hydrogens is 210 g/mol. The van der Waals surface area contributed by atoms with Crippen molar-refractivity contribution in [3.05, 3.63) is 23.9 Å². The highest BCUT2D eigenvalue weighted by Gasteiger charge is 2.11. The van der Waals surface area contributed by atoms with E-state index in [0.29, 0.717) is 6.42 Å². The molecule has 86 valence electrons. The van der Waals surface area contributed by atoms with Crippen LogP contribution in [0.2, 0.25) is 0 Å². The van der Waals surface area contributed by atoms with Crippen LogP contribution in [0.5, 0.6) is 0 Å². The fraction of sp³-hybridized carbons (Fsp3) is 0.364. The molecule has 1 heterocycles. The highest BCUT2D eigenvalue weighted by Crippen LogP contribution is 2.05. The molecule has 1 aromatic rings. The van der Waals surface area contributed by atoms with E-state index >= 15 is 0 Å². The first-order valence-electron chi connectivity index (χ1n) is 5.01. The Hall–Kier alpha value is -1.91. The predicted octanol–water partition coefficient (Wildman–Crippen LogP) is 1.84. The molecule has 0 bridgehead atoms. The monoisotopic (exact) mass is 223 g/mol. The number of nitrogens with zero attached hydrogens (tertiary/aromatic N) is 1. The number of carbonyl (C=O) groups is 2. The van der Waals surface area contributed by atoms with Crippen molar-refractivity contribution in [1.29, 1.82) is 0 Å². The van der Waals surface area contributed by atoms with Crippen LogP contribution in [-0.4, -0.2) is 23.3 Å². The molecular formula is C11H13NO4. The van der Waals surface area contributed by atoms with Gasteiger partial charge in [0, 0.05) is 12.5 Å². The van der Waals surface area contributed by atoms with Crippen LogP contribution in [0.15, 0.2) is 16.8 Å². The Bertz CT molecular complexity index is 406. The van der Waals surface area contributed by atoms with Crippen LogP contribution in [0.1, 0.15) is 36.6 Å². The van der Waals surface area contributed by atoms with Crippen LogP contribution in [0.3, 0.4) is 0 Å². The summed E-state index contributed by atoms with van der Waals surface area (Å²) in [5.41, 5.74) is 0.102. The van der Waals surface area contributed by atoms with Gasteiger partial charge in [-0.25, -0.2) is 9.78 Å². The average Bonchev–Trinajstić information content (AvgIpc) is 2.75. The summed E-state index contributed by atoms with van der Waals surface area (Å²) in [7, 11) is 0. The Balaban J connectivity index is 2.68. The zero-order chi connectivity index (χ0) is 12.0. The largest absolute Gasteiger partial charge is 0.461 e. The summed E-state index contributed by atoms with van der Waals surface area (Å²) < 4.78 is 9.71. The Morgan fingerprint density at radius 2 is 2.25 bits per heavy atom. The van der Waals surface area contributed by atoms with E-state index < -0.39 is 5.97 Å². The molecule has 0 aliphatic heterocycles. The number of carbonyl (C=O) groups excluding carboxylic acids is 2. The second kappa shape index (κ2) is 5.85. The van der Waals surface area contributed by atoms with E-state index in [0.717, 1.165) is 0 Å². The van der Waals surface area contributed by atoms with Gasteiger partial charge in [0.1, 0.15) is 6.26 Å². The predicted molar refractivity (Wildman–Crippen MR) is 56.8 cm³/mol. The Morgan fingerprint density at radius 3 is 2.88 bits per heavy atom. The number of aromatic nitrogens is 1. The van der Waals surface area contributed by atoms with Crippen molar-refractivity contribution in [1.82, 2.24) is 4.98 Å². The first-order valence-corrected chi connectivity index (χ1v) is 5.01. The second-order valence-corrected chi connectivity index (χ2v) is 2.94. The molecule has 0 amide bonds. The average molecular weight is 223 g/mol. The SMILES string of the molecule is CCOC(=O)c1coc(/C=C/C(=O)CC)n1. The van der Waals surface area contributed by atoms with E-state index in [1.54, 1.807) is 13.8 Å². The molecule has 1 rings (SSSR count). The first-order chi connectivity index (χ1) is 7.67. The number of allylic oxidation sites excluding steroid dienone is 1. The van der Waals surface area contributed by atoms with E-state index in [2.05, 4.69) is 4.98 Å². The standard InChI is InChI=1S/C11H13NO4/c1-3-8(13)5-6-10-12-9(7-16-10)11(14)15-4-2/h5-7H,3-4H2,1-2H3/b6-5+. The third-order valence-corrected chi connectivity index (χ3v) is 1.77. The van der Waals surface area contributed by atoms with Gasteiger partial charge in [-0.3, -0.25) is 4.79 Å². The van der Waals surface area contributed by atoms with Crippen molar-refractivity contribution < 1.29 is 18.7 Å². The van der Waals surface area contributed by atoms with Gasteiger partial charge in [-0.1, -0.05) is 6.92 Å². The number of oxazole rings is 1. The molecule has 0 N–H and O–H groups in total. The van der Waals surface area contributed by atoms with Gasteiger partial charge >= 0.3 is 5.97 Å². The highest BCUT2D eigenvalue weighted by molar-refractivity contribution is 5.93. The van der Waals surface area contributed by atoms with Gasteiger partial charge in [0.15, 0.2) is 11.5 Å². The second-order valence-electron chi connectivity index (χ2n) is 2.94. The number of rotatable bonds is 5. The first kappa shape index (κ1) is 12.2. The minimum atomic E-state index is -0.535. The fourth-order valence-corrected chi connectivity index (χ4v) is 0.945. The number of ketones is 1. The van der Waals surface area contributed by atoms with Crippen molar-refractivity contribution in [2.24, 2.45) is 0 Å². The van der Waals surface area contributed by atoms with E-state index in [1.165, 1.54) is 18.4 Å². The zero-order valence-electron chi connectivity index (χ0n) is 9.23. The molecule has 0 radical (unpaired) electrons. The van der Waals surface area contributed by atoms with Crippen molar-refractivity contribution in [2.45, 2.75) is 20.3 Å². The third kappa shape index (κ3) is 3.34. The maximum absolute atomic E-state index is 11.2. The van der Waals surface area contributed by atoms with Crippen molar-refractivity contribution in [3.8, 4) is 0 Å². The molecule has 0 spiro atoms. The molecule has 0 aromatic carbocycles. The summed E-state index contributed by atoms with van der Waals surface area (Å²) in [6.45, 7) is 3.75. The molecule has 0 aliphatic carbocycles. The van der Waals surface area contributed by atoms with Crippen LogP contribution >= 0.6 is 0 Å². The minimum absolute atomic E-state index is 0.0316. The van der Waals surface area contributed by atoms with Crippen LogP contribution in [0, 0.1) is 0 Å². The van der Waals surface area contributed by atoms with Gasteiger partial charge in [-0.15, -0.1) is 0 Å². The lowest BCUT2D eigenvalue weighted by Gasteiger charge is -1.94. The number of hydrogen-bond donors (Lipinski definition) is 0. The van der Waals surface area contributed by atoms with Crippen LogP contribution in [0.25, 0.3) is 6.08 Å². The van der Waals surface area contributed by atoms with E-state index in [1.807, 2.05) is 0 Å². The fourth-order valence-electron chi connectivity index (χ4n) is 0.945. The normalized spacial score (nSPS) is 10.6. The maximum Gasteiger partial charge on any atom is 0.360 e. The van der Waals surface area contributed by atoms with Gasteiger partial charge in [0.25, 0.3) is 0 Å². The Kier molecular flexibility index (Phi) is 4.44. The van der Waals surface area contributed by atoms with E-state index in [9.17, 15) is 9.59 Å². The Labute approximate surface area is 93.1 Å². The zero-order valence-corrected chi connectivity index (χ0v) is 9.23. The summed E-state index contributed by atoms with van der Waals surface area (Å²) in [6, 6.07) is 0. The van der Waals surface area contributed by atoms with Gasteiger partial charge in [0.2, 0.25) is 5.89 Å². The number of esters is 1. The van der Waals surface area contributed by atoms with Gasteiger partial charge in [-0.05, 0) is 13.0 Å². The lowest BCUT2D eigenvalue weighted by molar-refractivity contribution is -0.114. The van der Waals surface area contributed by atoms with E-state index in [-0.39, 0.29) is 24.0 Å². The molecule has 0 saturated heterocycles. The summed E-state index contributed by atoms with van der Waals surface area (Å²) in [5, 5.41) is 0. The topological polar surface area (TPSA) is 69.4 Å². The number of hydrogen-bond acceptors (Lipinski definition) is 5. The van der Waals surface area contributed by atoms with Crippen molar-refractivity contribution in [3.63, 3.8) is 0 Å². The van der Waals surface area contributed by atoms with E-state index in [4.69, 9.17) is 9.15 Å². The van der Waals surface area contributed by atoms with Gasteiger partial charge < -0.3 is 9.15 Å². The van der Waals surface area contributed by atoms with Crippen LogP contribution in [0.4, 0.5) is 0 Å². The lowest BCUT2D eigenvalue weighted by atomic mass is 10.3. The maximum atomic E-state index is 11.2. The summed E-state index contributed by atoms with van der Waals surface area (Å²) in [6.07, 6.45) is 4.41. The van der Waals surface area contributed by atoms with Crippen molar-refractivity contribution in [2.75, 3.05) is 6.61 Å². The highest BCUT2D eigenvalue weighted by atomic mass is 16.5. The molecule has 1 aromatic heterocycles. The summed E-state index contributed by atoms with van der Waals surface area (Å²) in [4.78, 5) is 26.1.